The van der Waals surface area contributed by atoms with E-state index >= 15 is 0 Å². The molecular weight excluding hydrogens is 440 g/mol. The van der Waals surface area contributed by atoms with Gasteiger partial charge in [0.1, 0.15) is 10.8 Å². The predicted molar refractivity (Wildman–Crippen MR) is 145 cm³/mol. The van der Waals surface area contributed by atoms with Crippen LogP contribution in [0.5, 0.6) is 5.75 Å². The number of thiazole rings is 1. The lowest BCUT2D eigenvalue weighted by atomic mass is 10.0. The average Bonchev–Trinajstić information content (AvgIpc) is 3.24. The van der Waals surface area contributed by atoms with Gasteiger partial charge >= 0.3 is 0 Å². The third-order valence-corrected chi connectivity index (χ3v) is 6.85. The van der Waals surface area contributed by atoms with Crippen LogP contribution in [0.3, 0.4) is 0 Å². The van der Waals surface area contributed by atoms with Gasteiger partial charge in [-0.25, -0.2) is 4.98 Å². The highest BCUT2D eigenvalue weighted by atomic mass is 32.1. The molecule has 0 saturated carbocycles. The van der Waals surface area contributed by atoms with Crippen LogP contribution >= 0.6 is 11.3 Å². The number of amides is 1. The van der Waals surface area contributed by atoms with Gasteiger partial charge in [0.25, 0.3) is 0 Å². The molecule has 3 rings (SSSR count). The van der Waals surface area contributed by atoms with Crippen molar-refractivity contribution >= 4 is 39.1 Å². The van der Waals surface area contributed by atoms with Crippen molar-refractivity contribution in [3.8, 4) is 5.75 Å². The van der Waals surface area contributed by atoms with Crippen LogP contribution in [0.4, 0.5) is 0 Å². The zero-order valence-corrected chi connectivity index (χ0v) is 21.8. The number of para-hydroxylation sites is 1. The molecule has 0 spiro atoms. The Bertz CT molecular complexity index is 1040. The molecule has 1 amide bonds. The molecule has 1 unspecified atom stereocenters. The number of rotatable bonds is 13. The normalized spacial score (nSPS) is 12.8. The number of nitrogens with one attached hydrogen (secondary N) is 1. The fraction of sp³-hybridized carbons (Fsp3) is 0.448. The topological polar surface area (TPSA) is 51.2 Å². The van der Waals surface area contributed by atoms with E-state index in [1.54, 1.807) is 11.3 Å². The number of carbonyl (C=O) groups is 1. The van der Waals surface area contributed by atoms with Crippen molar-refractivity contribution in [3.63, 3.8) is 0 Å². The Morgan fingerprint density at radius 1 is 1.06 bits per heavy atom. The van der Waals surface area contributed by atoms with Crippen molar-refractivity contribution in [2.24, 2.45) is 5.92 Å². The molecule has 5 heteroatoms. The van der Waals surface area contributed by atoms with Gasteiger partial charge in [-0.2, -0.15) is 0 Å². The van der Waals surface area contributed by atoms with E-state index < -0.39 is 0 Å². The molecule has 0 aliphatic rings. The van der Waals surface area contributed by atoms with Crippen LogP contribution in [0.15, 0.2) is 48.5 Å². The number of benzene rings is 2. The Labute approximate surface area is 208 Å². The van der Waals surface area contributed by atoms with Gasteiger partial charge in [-0.05, 0) is 67.2 Å². The van der Waals surface area contributed by atoms with Gasteiger partial charge in [0.2, 0.25) is 5.91 Å². The Balaban J connectivity index is 1.75. The molecule has 0 radical (unpaired) electrons. The lowest BCUT2D eigenvalue weighted by Crippen LogP contribution is -2.32. The molecule has 0 bridgehead atoms. The molecule has 1 aromatic heterocycles. The van der Waals surface area contributed by atoms with Crippen LogP contribution < -0.4 is 10.1 Å². The molecule has 2 aromatic carbocycles. The summed E-state index contributed by atoms with van der Waals surface area (Å²) in [5.74, 6) is 1.61. The number of hydrogen-bond acceptors (Lipinski definition) is 4. The van der Waals surface area contributed by atoms with Crippen LogP contribution in [0.1, 0.15) is 76.8 Å². The number of carbonyl (C=O) groups excluding carboxylic acids is 1. The Kier molecular flexibility index (Phi) is 10.1. The van der Waals surface area contributed by atoms with E-state index in [-0.39, 0.29) is 11.9 Å². The molecule has 1 atom stereocenters. The summed E-state index contributed by atoms with van der Waals surface area (Å²) in [5, 5.41) is 4.08. The first kappa shape index (κ1) is 26.0. The largest absolute Gasteiger partial charge is 0.494 e. The number of nitrogens with zero attached hydrogens (tertiary/aromatic N) is 1. The smallest absolute Gasteiger partial charge is 0.224 e. The van der Waals surface area contributed by atoms with Gasteiger partial charge < -0.3 is 10.1 Å². The minimum absolute atomic E-state index is 0.0436. The standard InChI is InChI=1S/C29H38N2O2S/c1-5-6-18-33-25-16-14-23(15-17-25)19-24(29-31-26-12-7-8-13-27(26)34-29)20-28(32)30-22(4)11-9-10-21(2)3/h7-8,12-17,19,21-22H,5-6,9-11,18,20H2,1-4H3,(H,30,32)/b24-19-. The summed E-state index contributed by atoms with van der Waals surface area (Å²) in [6.07, 6.45) is 7.88. The van der Waals surface area contributed by atoms with Gasteiger partial charge in [0, 0.05) is 6.04 Å². The van der Waals surface area contributed by atoms with E-state index in [4.69, 9.17) is 9.72 Å². The van der Waals surface area contributed by atoms with Crippen LogP contribution in [0, 0.1) is 5.92 Å². The highest BCUT2D eigenvalue weighted by Gasteiger charge is 2.15. The second-order valence-corrected chi connectivity index (χ2v) is 10.4. The van der Waals surface area contributed by atoms with Crippen LogP contribution in [-0.4, -0.2) is 23.5 Å². The number of fused-ring (bicyclic) bond motifs is 1. The first-order chi connectivity index (χ1) is 16.4. The van der Waals surface area contributed by atoms with Crippen molar-refractivity contribution in [1.29, 1.82) is 0 Å². The third-order valence-electron chi connectivity index (χ3n) is 5.73. The third kappa shape index (κ3) is 8.28. The van der Waals surface area contributed by atoms with Crippen LogP contribution in [-0.2, 0) is 4.79 Å². The van der Waals surface area contributed by atoms with Gasteiger partial charge in [0.15, 0.2) is 0 Å². The molecule has 182 valence electrons. The minimum atomic E-state index is 0.0436. The van der Waals surface area contributed by atoms with Crippen molar-refractivity contribution in [2.45, 2.75) is 72.3 Å². The molecule has 3 aromatic rings. The zero-order chi connectivity index (χ0) is 24.3. The van der Waals surface area contributed by atoms with Gasteiger partial charge in [0.05, 0.1) is 23.2 Å². The summed E-state index contributed by atoms with van der Waals surface area (Å²) in [6, 6.07) is 16.4. The van der Waals surface area contributed by atoms with E-state index in [0.29, 0.717) is 12.3 Å². The highest BCUT2D eigenvalue weighted by Crippen LogP contribution is 2.30. The van der Waals surface area contributed by atoms with E-state index in [9.17, 15) is 4.79 Å². The van der Waals surface area contributed by atoms with Gasteiger partial charge in [-0.1, -0.05) is 64.3 Å². The first-order valence-electron chi connectivity index (χ1n) is 12.5. The maximum Gasteiger partial charge on any atom is 0.224 e. The Morgan fingerprint density at radius 2 is 1.82 bits per heavy atom. The summed E-state index contributed by atoms with van der Waals surface area (Å²) in [7, 11) is 0. The fourth-order valence-electron chi connectivity index (χ4n) is 3.80. The van der Waals surface area contributed by atoms with E-state index in [2.05, 4.69) is 45.2 Å². The van der Waals surface area contributed by atoms with Gasteiger partial charge in [-0.15, -0.1) is 11.3 Å². The zero-order valence-electron chi connectivity index (χ0n) is 21.0. The SMILES string of the molecule is CCCCOc1ccc(/C=C(/CC(=O)NC(C)CCCC(C)C)c2nc3ccccc3s2)cc1. The summed E-state index contributed by atoms with van der Waals surface area (Å²) < 4.78 is 6.92. The molecular formula is C29H38N2O2S. The Hall–Kier alpha value is -2.66. The second-order valence-electron chi connectivity index (χ2n) is 9.40. The van der Waals surface area contributed by atoms with Crippen LogP contribution in [0.25, 0.3) is 21.9 Å². The van der Waals surface area contributed by atoms with Crippen LogP contribution in [0.2, 0.25) is 0 Å². The number of hydrogen-bond donors (Lipinski definition) is 1. The van der Waals surface area contributed by atoms with E-state index in [1.807, 2.05) is 42.5 Å². The van der Waals surface area contributed by atoms with Crippen molar-refractivity contribution < 1.29 is 9.53 Å². The number of ether oxygens (including phenoxy) is 1. The first-order valence-corrected chi connectivity index (χ1v) is 13.3. The quantitative estimate of drug-likeness (QED) is 0.256. The maximum absolute atomic E-state index is 12.9. The molecule has 0 fully saturated rings. The molecule has 1 heterocycles. The van der Waals surface area contributed by atoms with Crippen molar-refractivity contribution in [3.05, 3.63) is 59.1 Å². The summed E-state index contributed by atoms with van der Waals surface area (Å²) >= 11 is 1.64. The summed E-state index contributed by atoms with van der Waals surface area (Å²) in [6.45, 7) is 9.46. The Morgan fingerprint density at radius 3 is 2.53 bits per heavy atom. The van der Waals surface area contributed by atoms with E-state index in [0.717, 1.165) is 64.4 Å². The lowest BCUT2D eigenvalue weighted by Gasteiger charge is -2.15. The molecule has 34 heavy (non-hydrogen) atoms. The molecule has 1 N–H and O–H groups in total. The summed E-state index contributed by atoms with van der Waals surface area (Å²) in [4.78, 5) is 17.8. The van der Waals surface area contributed by atoms with E-state index in [1.165, 1.54) is 6.42 Å². The summed E-state index contributed by atoms with van der Waals surface area (Å²) in [5.41, 5.74) is 2.94. The average molecular weight is 479 g/mol. The molecule has 0 aliphatic heterocycles. The number of unbranched alkanes of at least 4 members (excludes halogenated alkanes) is 1. The maximum atomic E-state index is 12.9. The lowest BCUT2D eigenvalue weighted by molar-refractivity contribution is -0.120. The van der Waals surface area contributed by atoms with Gasteiger partial charge in [-0.3, -0.25) is 4.79 Å². The molecule has 0 aliphatic carbocycles. The van der Waals surface area contributed by atoms with Crippen molar-refractivity contribution in [1.82, 2.24) is 10.3 Å². The van der Waals surface area contributed by atoms with Crippen molar-refractivity contribution in [2.75, 3.05) is 6.61 Å². The fourth-order valence-corrected chi connectivity index (χ4v) is 4.78. The molecule has 0 saturated heterocycles. The highest BCUT2D eigenvalue weighted by molar-refractivity contribution is 7.19. The predicted octanol–water partition coefficient (Wildman–Crippen LogP) is 7.74. The minimum Gasteiger partial charge on any atom is -0.494 e. The monoisotopic (exact) mass is 478 g/mol. The molecule has 4 nitrogen and oxygen atoms in total. The number of aromatic nitrogens is 1. The second kappa shape index (κ2) is 13.3.